The van der Waals surface area contributed by atoms with Gasteiger partial charge < -0.3 is 10.6 Å². The summed E-state index contributed by atoms with van der Waals surface area (Å²) in [4.78, 5) is 12.0. The summed E-state index contributed by atoms with van der Waals surface area (Å²) in [6.45, 7) is 6.65. The molecular weight excluding hydrogens is 188 g/mol. The average Bonchev–Trinajstić information content (AvgIpc) is 2.74. The fourth-order valence-electron chi connectivity index (χ4n) is 2.02. The van der Waals surface area contributed by atoms with Crippen molar-refractivity contribution in [3.05, 3.63) is 12.2 Å². The lowest BCUT2D eigenvalue weighted by Crippen LogP contribution is -2.42. The van der Waals surface area contributed by atoms with Crippen LogP contribution in [-0.2, 0) is 4.79 Å². The molecule has 0 spiro atoms. The highest BCUT2D eigenvalue weighted by Crippen LogP contribution is 2.29. The van der Waals surface area contributed by atoms with Gasteiger partial charge in [-0.15, -0.1) is 0 Å². The Kier molecular flexibility index (Phi) is 4.82. The predicted octanol–water partition coefficient (Wildman–Crippen LogP) is 1.46. The highest BCUT2D eigenvalue weighted by molar-refractivity contribution is 5.83. The van der Waals surface area contributed by atoms with Crippen molar-refractivity contribution in [1.29, 1.82) is 0 Å². The van der Waals surface area contributed by atoms with Gasteiger partial charge in [-0.25, -0.2) is 0 Å². The Morgan fingerprint density at radius 3 is 2.93 bits per heavy atom. The van der Waals surface area contributed by atoms with Crippen LogP contribution in [0.25, 0.3) is 0 Å². The van der Waals surface area contributed by atoms with Crippen molar-refractivity contribution < 1.29 is 4.79 Å². The van der Waals surface area contributed by atoms with Crippen LogP contribution < -0.4 is 10.6 Å². The molecule has 1 fully saturated rings. The first kappa shape index (κ1) is 12.2. The molecule has 0 aliphatic carbocycles. The molecule has 1 atom stereocenters. The molecular formula is C12H22N2O. The SMILES string of the molecule is C/C=C/CCNC(=O)C1(CC)CCNC1. The van der Waals surface area contributed by atoms with E-state index in [9.17, 15) is 4.79 Å². The van der Waals surface area contributed by atoms with Crippen LogP contribution >= 0.6 is 0 Å². The van der Waals surface area contributed by atoms with Gasteiger partial charge in [0.05, 0.1) is 5.41 Å². The monoisotopic (exact) mass is 210 g/mol. The van der Waals surface area contributed by atoms with Crippen LogP contribution in [0.3, 0.4) is 0 Å². The minimum atomic E-state index is -0.143. The summed E-state index contributed by atoms with van der Waals surface area (Å²) in [5.74, 6) is 0.222. The van der Waals surface area contributed by atoms with Crippen LogP contribution in [0.2, 0.25) is 0 Å². The maximum atomic E-state index is 12.0. The number of hydrogen-bond acceptors (Lipinski definition) is 2. The first-order valence-corrected chi connectivity index (χ1v) is 5.85. The first-order chi connectivity index (χ1) is 7.25. The highest BCUT2D eigenvalue weighted by atomic mass is 16.2. The van der Waals surface area contributed by atoms with Gasteiger partial charge in [-0.05, 0) is 32.7 Å². The van der Waals surface area contributed by atoms with Crippen LogP contribution in [0.5, 0.6) is 0 Å². The molecule has 1 heterocycles. The zero-order valence-corrected chi connectivity index (χ0v) is 9.81. The van der Waals surface area contributed by atoms with Crippen molar-refractivity contribution in [2.45, 2.75) is 33.1 Å². The van der Waals surface area contributed by atoms with E-state index in [2.05, 4.69) is 23.6 Å². The second kappa shape index (κ2) is 5.91. The number of carbonyl (C=O) groups is 1. The third-order valence-electron chi connectivity index (χ3n) is 3.23. The Hall–Kier alpha value is -0.830. The quantitative estimate of drug-likeness (QED) is 0.533. The van der Waals surface area contributed by atoms with Crippen LogP contribution in [0.15, 0.2) is 12.2 Å². The summed E-state index contributed by atoms with van der Waals surface area (Å²) in [6.07, 6.45) is 6.91. The van der Waals surface area contributed by atoms with Crippen molar-refractivity contribution in [2.24, 2.45) is 5.41 Å². The molecule has 1 saturated heterocycles. The van der Waals surface area contributed by atoms with E-state index in [0.717, 1.165) is 38.9 Å². The molecule has 1 amide bonds. The van der Waals surface area contributed by atoms with Crippen molar-refractivity contribution in [3.63, 3.8) is 0 Å². The molecule has 0 radical (unpaired) electrons. The van der Waals surface area contributed by atoms with E-state index in [-0.39, 0.29) is 11.3 Å². The third-order valence-corrected chi connectivity index (χ3v) is 3.23. The van der Waals surface area contributed by atoms with E-state index >= 15 is 0 Å². The second-order valence-electron chi connectivity index (χ2n) is 4.17. The van der Waals surface area contributed by atoms with Crippen LogP contribution in [0.1, 0.15) is 33.1 Å². The number of nitrogens with one attached hydrogen (secondary N) is 2. The highest BCUT2D eigenvalue weighted by Gasteiger charge is 2.38. The number of amides is 1. The molecule has 0 aromatic rings. The van der Waals surface area contributed by atoms with E-state index in [0.29, 0.717) is 0 Å². The van der Waals surface area contributed by atoms with Gasteiger partial charge in [-0.3, -0.25) is 4.79 Å². The van der Waals surface area contributed by atoms with Gasteiger partial charge in [0.15, 0.2) is 0 Å². The molecule has 3 heteroatoms. The largest absolute Gasteiger partial charge is 0.355 e. The van der Waals surface area contributed by atoms with Crippen LogP contribution in [-0.4, -0.2) is 25.5 Å². The lowest BCUT2D eigenvalue weighted by atomic mass is 9.83. The molecule has 86 valence electrons. The number of allylic oxidation sites excluding steroid dienone is 1. The lowest BCUT2D eigenvalue weighted by molar-refractivity contribution is -0.130. The van der Waals surface area contributed by atoms with Crippen molar-refractivity contribution in [3.8, 4) is 0 Å². The van der Waals surface area contributed by atoms with E-state index in [1.54, 1.807) is 0 Å². The summed E-state index contributed by atoms with van der Waals surface area (Å²) in [6, 6.07) is 0. The molecule has 1 unspecified atom stereocenters. The number of rotatable bonds is 5. The summed E-state index contributed by atoms with van der Waals surface area (Å²) in [5.41, 5.74) is -0.143. The summed E-state index contributed by atoms with van der Waals surface area (Å²) >= 11 is 0. The Bertz CT molecular complexity index is 230. The zero-order valence-electron chi connectivity index (χ0n) is 9.81. The maximum absolute atomic E-state index is 12.0. The van der Waals surface area contributed by atoms with E-state index in [4.69, 9.17) is 0 Å². The van der Waals surface area contributed by atoms with E-state index in [1.807, 2.05) is 13.0 Å². The van der Waals surface area contributed by atoms with Crippen molar-refractivity contribution >= 4 is 5.91 Å². The Labute approximate surface area is 92.3 Å². The van der Waals surface area contributed by atoms with Gasteiger partial charge in [-0.1, -0.05) is 19.1 Å². The Morgan fingerprint density at radius 1 is 1.60 bits per heavy atom. The molecule has 0 aromatic carbocycles. The standard InChI is InChI=1S/C12H22N2O/c1-3-5-6-8-14-11(15)12(4-2)7-9-13-10-12/h3,5,13H,4,6-10H2,1-2H3,(H,14,15)/b5-3+. The predicted molar refractivity (Wildman–Crippen MR) is 62.7 cm³/mol. The van der Waals surface area contributed by atoms with Crippen molar-refractivity contribution in [2.75, 3.05) is 19.6 Å². The average molecular weight is 210 g/mol. The van der Waals surface area contributed by atoms with Crippen LogP contribution in [0.4, 0.5) is 0 Å². The van der Waals surface area contributed by atoms with Crippen molar-refractivity contribution in [1.82, 2.24) is 10.6 Å². The van der Waals surface area contributed by atoms with Gasteiger partial charge in [-0.2, -0.15) is 0 Å². The second-order valence-corrected chi connectivity index (χ2v) is 4.17. The van der Waals surface area contributed by atoms with E-state index < -0.39 is 0 Å². The van der Waals surface area contributed by atoms with Gasteiger partial charge in [0.2, 0.25) is 5.91 Å². The smallest absolute Gasteiger partial charge is 0.227 e. The summed E-state index contributed by atoms with van der Waals surface area (Å²) < 4.78 is 0. The zero-order chi connectivity index (χ0) is 11.1. The lowest BCUT2D eigenvalue weighted by Gasteiger charge is -2.25. The molecule has 0 bridgehead atoms. The Morgan fingerprint density at radius 2 is 2.40 bits per heavy atom. The minimum Gasteiger partial charge on any atom is -0.355 e. The topological polar surface area (TPSA) is 41.1 Å². The molecule has 0 saturated carbocycles. The number of carbonyl (C=O) groups excluding carboxylic acids is 1. The number of hydrogen-bond donors (Lipinski definition) is 2. The molecule has 0 aromatic heterocycles. The molecule has 3 nitrogen and oxygen atoms in total. The first-order valence-electron chi connectivity index (χ1n) is 5.85. The fraction of sp³-hybridized carbons (Fsp3) is 0.750. The molecule has 15 heavy (non-hydrogen) atoms. The van der Waals surface area contributed by atoms with Crippen LogP contribution in [0, 0.1) is 5.41 Å². The molecule has 2 N–H and O–H groups in total. The minimum absolute atomic E-state index is 0.143. The maximum Gasteiger partial charge on any atom is 0.227 e. The summed E-state index contributed by atoms with van der Waals surface area (Å²) in [7, 11) is 0. The van der Waals surface area contributed by atoms with Gasteiger partial charge in [0.1, 0.15) is 0 Å². The fourth-order valence-corrected chi connectivity index (χ4v) is 2.02. The van der Waals surface area contributed by atoms with Gasteiger partial charge >= 0.3 is 0 Å². The van der Waals surface area contributed by atoms with Gasteiger partial charge in [0, 0.05) is 13.1 Å². The normalized spacial score (nSPS) is 26.0. The molecule has 1 aliphatic rings. The summed E-state index contributed by atoms with van der Waals surface area (Å²) in [5, 5.41) is 6.29. The third kappa shape index (κ3) is 3.06. The molecule has 1 aliphatic heterocycles. The Balaban J connectivity index is 2.37. The van der Waals surface area contributed by atoms with Gasteiger partial charge in [0.25, 0.3) is 0 Å². The molecule has 1 rings (SSSR count). The van der Waals surface area contributed by atoms with E-state index in [1.165, 1.54) is 0 Å².